The van der Waals surface area contributed by atoms with Crippen LogP contribution in [0.4, 0.5) is 0 Å². The van der Waals surface area contributed by atoms with Crippen molar-refractivity contribution in [3.05, 3.63) is 28.7 Å². The highest BCUT2D eigenvalue weighted by Gasteiger charge is 2.33. The van der Waals surface area contributed by atoms with E-state index in [4.69, 9.17) is 10.5 Å². The van der Waals surface area contributed by atoms with Gasteiger partial charge in [-0.1, -0.05) is 28.8 Å². The first-order chi connectivity index (χ1) is 9.13. The van der Waals surface area contributed by atoms with Crippen molar-refractivity contribution in [1.29, 1.82) is 0 Å². The molecule has 1 amide bonds. The summed E-state index contributed by atoms with van der Waals surface area (Å²) >= 11 is 3.35. The summed E-state index contributed by atoms with van der Waals surface area (Å²) in [7, 11) is 0. The van der Waals surface area contributed by atoms with Gasteiger partial charge in [-0.25, -0.2) is 0 Å². The molecule has 1 aliphatic rings. The summed E-state index contributed by atoms with van der Waals surface area (Å²) in [4.78, 5) is 11.9. The average Bonchev–Trinajstić information content (AvgIpc) is 2.87. The first-order valence-electron chi connectivity index (χ1n) is 6.53. The largest absolute Gasteiger partial charge is 0.484 e. The second-order valence-corrected chi connectivity index (χ2v) is 5.90. The van der Waals surface area contributed by atoms with Crippen LogP contribution in [0.25, 0.3) is 0 Å². The lowest BCUT2D eigenvalue weighted by Gasteiger charge is -2.28. The Bertz CT molecular complexity index is 433. The Kier molecular flexibility index (Phi) is 6.79. The molecule has 1 fully saturated rings. The molecule has 1 aromatic carbocycles. The number of nitrogens with one attached hydrogen (secondary N) is 1. The number of rotatable bonds is 5. The van der Waals surface area contributed by atoms with Gasteiger partial charge in [0.05, 0.1) is 5.54 Å². The summed E-state index contributed by atoms with van der Waals surface area (Å²) in [6, 6.07) is 7.41. The number of halogens is 2. The third-order valence-corrected chi connectivity index (χ3v) is 4.07. The Morgan fingerprint density at radius 1 is 1.30 bits per heavy atom. The molecule has 0 atom stereocenters. The molecule has 112 valence electrons. The van der Waals surface area contributed by atoms with E-state index in [1.807, 2.05) is 24.3 Å². The van der Waals surface area contributed by atoms with Crippen LogP contribution in [-0.4, -0.2) is 24.6 Å². The van der Waals surface area contributed by atoms with E-state index in [1.165, 1.54) is 0 Å². The van der Waals surface area contributed by atoms with Gasteiger partial charge >= 0.3 is 0 Å². The maximum absolute atomic E-state index is 11.9. The predicted molar refractivity (Wildman–Crippen MR) is 85.3 cm³/mol. The van der Waals surface area contributed by atoms with Crippen LogP contribution in [0.2, 0.25) is 0 Å². The molecule has 0 aromatic heterocycles. The molecule has 0 unspecified atom stereocenters. The fourth-order valence-corrected chi connectivity index (χ4v) is 2.71. The molecule has 0 spiro atoms. The number of carbonyl (C=O) groups excluding carboxylic acids is 1. The minimum absolute atomic E-state index is 0. The van der Waals surface area contributed by atoms with Gasteiger partial charge in [-0.2, -0.15) is 0 Å². The molecule has 2 rings (SSSR count). The SMILES string of the molecule is Cl.NCC1(NC(=O)COc2ccc(Br)cc2)CCCC1. The van der Waals surface area contributed by atoms with Crippen molar-refractivity contribution in [1.82, 2.24) is 5.32 Å². The highest BCUT2D eigenvalue weighted by Crippen LogP contribution is 2.28. The van der Waals surface area contributed by atoms with Crippen molar-refractivity contribution in [3.8, 4) is 5.75 Å². The zero-order valence-electron chi connectivity index (χ0n) is 11.2. The lowest BCUT2D eigenvalue weighted by atomic mass is 9.98. The van der Waals surface area contributed by atoms with E-state index in [0.29, 0.717) is 12.3 Å². The van der Waals surface area contributed by atoms with E-state index in [0.717, 1.165) is 30.2 Å². The van der Waals surface area contributed by atoms with Crippen molar-refractivity contribution in [2.75, 3.05) is 13.2 Å². The maximum Gasteiger partial charge on any atom is 0.258 e. The number of hydrogen-bond donors (Lipinski definition) is 2. The molecule has 0 bridgehead atoms. The summed E-state index contributed by atoms with van der Waals surface area (Å²) < 4.78 is 6.43. The van der Waals surface area contributed by atoms with Crippen molar-refractivity contribution in [3.63, 3.8) is 0 Å². The summed E-state index contributed by atoms with van der Waals surface area (Å²) in [5, 5.41) is 3.03. The van der Waals surface area contributed by atoms with Gasteiger partial charge in [-0.3, -0.25) is 4.79 Å². The van der Waals surface area contributed by atoms with Crippen LogP contribution in [0.3, 0.4) is 0 Å². The monoisotopic (exact) mass is 362 g/mol. The van der Waals surface area contributed by atoms with Crippen molar-refractivity contribution >= 4 is 34.2 Å². The molecule has 6 heteroatoms. The lowest BCUT2D eigenvalue weighted by molar-refractivity contribution is -0.124. The first-order valence-corrected chi connectivity index (χ1v) is 7.32. The number of hydrogen-bond acceptors (Lipinski definition) is 3. The standard InChI is InChI=1S/C14H19BrN2O2.ClH/c15-11-3-5-12(6-4-11)19-9-13(18)17-14(10-16)7-1-2-8-14;/h3-6H,1-2,7-10,16H2,(H,17,18);1H. The average molecular weight is 364 g/mol. The minimum atomic E-state index is -0.208. The molecule has 3 N–H and O–H groups in total. The lowest BCUT2D eigenvalue weighted by Crippen LogP contribution is -2.52. The first kappa shape index (κ1) is 17.3. The van der Waals surface area contributed by atoms with Gasteiger partial charge in [0, 0.05) is 11.0 Å². The van der Waals surface area contributed by atoms with Crippen LogP contribution >= 0.6 is 28.3 Å². The zero-order valence-corrected chi connectivity index (χ0v) is 13.6. The van der Waals surface area contributed by atoms with E-state index < -0.39 is 0 Å². The van der Waals surface area contributed by atoms with Gasteiger partial charge in [0.2, 0.25) is 0 Å². The fourth-order valence-electron chi connectivity index (χ4n) is 2.44. The molecular formula is C14H20BrClN2O2. The van der Waals surface area contributed by atoms with E-state index in [9.17, 15) is 4.79 Å². The van der Waals surface area contributed by atoms with Crippen LogP contribution in [0.15, 0.2) is 28.7 Å². The van der Waals surface area contributed by atoms with Crippen LogP contribution in [-0.2, 0) is 4.79 Å². The van der Waals surface area contributed by atoms with Crippen molar-refractivity contribution in [2.24, 2.45) is 5.73 Å². The summed E-state index contributed by atoms with van der Waals surface area (Å²) in [5.74, 6) is 0.585. The molecule has 0 radical (unpaired) electrons. The van der Waals surface area contributed by atoms with Gasteiger partial charge in [0.1, 0.15) is 5.75 Å². The van der Waals surface area contributed by atoms with Gasteiger partial charge < -0.3 is 15.8 Å². The molecule has 1 saturated carbocycles. The van der Waals surface area contributed by atoms with Crippen LogP contribution in [0.5, 0.6) is 5.75 Å². The molecular weight excluding hydrogens is 344 g/mol. The summed E-state index contributed by atoms with van der Waals surface area (Å²) in [6.45, 7) is 0.528. The molecule has 4 nitrogen and oxygen atoms in total. The quantitative estimate of drug-likeness (QED) is 0.845. The minimum Gasteiger partial charge on any atom is -0.484 e. The predicted octanol–water partition coefficient (Wildman–Crippen LogP) is 2.64. The molecule has 1 aliphatic carbocycles. The second-order valence-electron chi connectivity index (χ2n) is 4.98. The van der Waals surface area contributed by atoms with Crippen molar-refractivity contribution in [2.45, 2.75) is 31.2 Å². The fraction of sp³-hybridized carbons (Fsp3) is 0.500. The van der Waals surface area contributed by atoms with Gasteiger partial charge in [-0.15, -0.1) is 12.4 Å². The number of amides is 1. The summed E-state index contributed by atoms with van der Waals surface area (Å²) in [5.41, 5.74) is 5.57. The van der Waals surface area contributed by atoms with Crippen LogP contribution < -0.4 is 15.8 Å². The Labute approximate surface area is 134 Å². The normalized spacial score (nSPS) is 16.3. The molecule has 0 saturated heterocycles. The Morgan fingerprint density at radius 3 is 2.45 bits per heavy atom. The Balaban J connectivity index is 0.00000200. The van der Waals surface area contributed by atoms with E-state index in [2.05, 4.69) is 21.2 Å². The van der Waals surface area contributed by atoms with Gasteiger partial charge in [0.15, 0.2) is 6.61 Å². The second kappa shape index (κ2) is 7.86. The topological polar surface area (TPSA) is 64.3 Å². The number of nitrogens with two attached hydrogens (primary N) is 1. The van der Waals surface area contributed by atoms with E-state index >= 15 is 0 Å². The molecule has 1 aromatic rings. The van der Waals surface area contributed by atoms with Gasteiger partial charge in [0.25, 0.3) is 5.91 Å². The smallest absolute Gasteiger partial charge is 0.258 e. The highest BCUT2D eigenvalue weighted by molar-refractivity contribution is 9.10. The van der Waals surface area contributed by atoms with E-state index in [1.54, 1.807) is 0 Å². The number of benzene rings is 1. The number of carbonyl (C=O) groups is 1. The molecule has 0 heterocycles. The Morgan fingerprint density at radius 2 is 1.90 bits per heavy atom. The highest BCUT2D eigenvalue weighted by atomic mass is 79.9. The van der Waals surface area contributed by atoms with Gasteiger partial charge in [-0.05, 0) is 37.1 Å². The number of ether oxygens (including phenoxy) is 1. The van der Waals surface area contributed by atoms with Crippen LogP contribution in [0.1, 0.15) is 25.7 Å². The third kappa shape index (κ3) is 4.65. The molecule has 0 aliphatic heterocycles. The van der Waals surface area contributed by atoms with Crippen LogP contribution in [0, 0.1) is 0 Å². The zero-order chi connectivity index (χ0) is 13.7. The Hall–Kier alpha value is -0.780. The third-order valence-electron chi connectivity index (χ3n) is 3.54. The van der Waals surface area contributed by atoms with E-state index in [-0.39, 0.29) is 30.5 Å². The maximum atomic E-state index is 11.9. The van der Waals surface area contributed by atoms with Crippen molar-refractivity contribution < 1.29 is 9.53 Å². The summed E-state index contributed by atoms with van der Waals surface area (Å²) in [6.07, 6.45) is 4.19. The molecule has 20 heavy (non-hydrogen) atoms.